The van der Waals surface area contributed by atoms with Crippen molar-refractivity contribution in [2.75, 3.05) is 6.54 Å². The molecule has 0 spiro atoms. The smallest absolute Gasteiger partial charge is 0.363 e. The van der Waals surface area contributed by atoms with Gasteiger partial charge in [-0.05, 0) is 37.2 Å². The van der Waals surface area contributed by atoms with Gasteiger partial charge in [0.2, 0.25) is 0 Å². The molecule has 0 saturated carbocycles. The minimum atomic E-state index is -1.36. The van der Waals surface area contributed by atoms with E-state index in [4.69, 9.17) is 20.8 Å². The molecular formula is C17H14ClNO4. The lowest BCUT2D eigenvalue weighted by Crippen LogP contribution is -2.52. The van der Waals surface area contributed by atoms with Gasteiger partial charge in [-0.2, -0.15) is 0 Å². The third-order valence-electron chi connectivity index (χ3n) is 4.16. The average molecular weight is 332 g/mol. The molecule has 2 aromatic carbocycles. The number of rotatable bonds is 3. The summed E-state index contributed by atoms with van der Waals surface area (Å²) in [6, 6.07) is 10.8. The number of hydrogen-bond acceptors (Lipinski definition) is 4. The van der Waals surface area contributed by atoms with Crippen molar-refractivity contribution in [2.45, 2.75) is 18.6 Å². The lowest BCUT2D eigenvalue weighted by Gasteiger charge is -2.25. The zero-order valence-corrected chi connectivity index (χ0v) is 12.9. The minimum absolute atomic E-state index is 0.427. The van der Waals surface area contributed by atoms with Crippen LogP contribution in [0, 0.1) is 0 Å². The number of aliphatic carboxylic acids is 1. The summed E-state index contributed by atoms with van der Waals surface area (Å²) < 4.78 is 11.6. The fourth-order valence-corrected chi connectivity index (χ4v) is 3.19. The quantitative estimate of drug-likeness (QED) is 0.764. The fourth-order valence-electron chi connectivity index (χ4n) is 3.03. The monoisotopic (exact) mass is 331 g/mol. The first kappa shape index (κ1) is 14.4. The van der Waals surface area contributed by atoms with E-state index in [0.717, 1.165) is 17.2 Å². The van der Waals surface area contributed by atoms with Gasteiger partial charge in [-0.15, -0.1) is 0 Å². The van der Waals surface area contributed by atoms with Crippen LogP contribution in [0.4, 0.5) is 0 Å². The van der Waals surface area contributed by atoms with Crippen molar-refractivity contribution in [3.05, 3.63) is 41.4 Å². The van der Waals surface area contributed by atoms with Crippen LogP contribution < -0.4 is 10.1 Å². The van der Waals surface area contributed by atoms with Gasteiger partial charge in [0.25, 0.3) is 5.72 Å². The number of carboxylic acids is 1. The largest absolute Gasteiger partial charge is 0.477 e. The van der Waals surface area contributed by atoms with Crippen LogP contribution in [-0.2, 0) is 4.79 Å². The zero-order valence-electron chi connectivity index (χ0n) is 12.1. The third kappa shape index (κ3) is 2.33. The van der Waals surface area contributed by atoms with Crippen molar-refractivity contribution >= 4 is 39.5 Å². The molecule has 1 aromatic heterocycles. The molecule has 1 saturated heterocycles. The molecule has 23 heavy (non-hydrogen) atoms. The summed E-state index contributed by atoms with van der Waals surface area (Å²) in [6.45, 7) is 0.623. The Morgan fingerprint density at radius 3 is 2.65 bits per heavy atom. The minimum Gasteiger partial charge on any atom is -0.477 e. The zero-order chi connectivity index (χ0) is 16.0. The average Bonchev–Trinajstić information content (AvgIpc) is 3.11. The van der Waals surface area contributed by atoms with Gasteiger partial charge in [-0.1, -0.05) is 11.6 Å². The summed E-state index contributed by atoms with van der Waals surface area (Å²) in [4.78, 5) is 11.5. The maximum absolute atomic E-state index is 11.5. The first-order chi connectivity index (χ1) is 11.1. The van der Waals surface area contributed by atoms with E-state index in [9.17, 15) is 9.90 Å². The predicted molar refractivity (Wildman–Crippen MR) is 87.0 cm³/mol. The number of hydrogen-bond donors (Lipinski definition) is 2. The summed E-state index contributed by atoms with van der Waals surface area (Å²) in [5.74, 6) is -0.550. The number of benzene rings is 2. The summed E-state index contributed by atoms with van der Waals surface area (Å²) in [5.41, 5.74) is -0.0295. The van der Waals surface area contributed by atoms with E-state index in [-0.39, 0.29) is 0 Å². The van der Waals surface area contributed by atoms with E-state index in [1.54, 1.807) is 18.2 Å². The van der Waals surface area contributed by atoms with Gasteiger partial charge >= 0.3 is 5.97 Å². The molecule has 0 radical (unpaired) electrons. The number of furan rings is 1. The molecule has 118 valence electrons. The molecular weight excluding hydrogens is 318 g/mol. The van der Waals surface area contributed by atoms with Crippen LogP contribution in [0.25, 0.3) is 21.9 Å². The van der Waals surface area contributed by atoms with Crippen LogP contribution in [0.3, 0.4) is 0 Å². The van der Waals surface area contributed by atoms with Crippen LogP contribution in [0.1, 0.15) is 12.8 Å². The highest BCUT2D eigenvalue weighted by molar-refractivity contribution is 6.31. The molecule has 5 nitrogen and oxygen atoms in total. The van der Waals surface area contributed by atoms with Gasteiger partial charge in [-0.3, -0.25) is 5.32 Å². The van der Waals surface area contributed by atoms with E-state index in [2.05, 4.69) is 5.32 Å². The van der Waals surface area contributed by atoms with Crippen LogP contribution in [0.15, 0.2) is 40.8 Å². The highest BCUT2D eigenvalue weighted by Crippen LogP contribution is 2.34. The highest BCUT2D eigenvalue weighted by atomic mass is 35.5. The number of carbonyl (C=O) groups is 1. The third-order valence-corrected chi connectivity index (χ3v) is 4.40. The molecule has 0 amide bonds. The number of nitrogens with one attached hydrogen (secondary N) is 1. The Kier molecular flexibility index (Phi) is 3.21. The summed E-state index contributed by atoms with van der Waals surface area (Å²) >= 11 is 5.99. The Morgan fingerprint density at radius 1 is 1.22 bits per heavy atom. The van der Waals surface area contributed by atoms with Crippen LogP contribution >= 0.6 is 11.6 Å². The maximum Gasteiger partial charge on any atom is 0.363 e. The molecule has 1 aliphatic rings. The second-order valence-corrected chi connectivity index (χ2v) is 6.10. The van der Waals surface area contributed by atoms with Crippen molar-refractivity contribution < 1.29 is 19.1 Å². The normalized spacial score (nSPS) is 21.1. The summed E-state index contributed by atoms with van der Waals surface area (Å²) in [5, 5.41) is 14.9. The van der Waals surface area contributed by atoms with Crippen molar-refractivity contribution in [3.63, 3.8) is 0 Å². The molecule has 1 atom stereocenters. The van der Waals surface area contributed by atoms with Gasteiger partial charge in [0.15, 0.2) is 0 Å². The van der Waals surface area contributed by atoms with E-state index < -0.39 is 11.7 Å². The Balaban J connectivity index is 1.77. The summed E-state index contributed by atoms with van der Waals surface area (Å²) in [7, 11) is 0. The van der Waals surface area contributed by atoms with Crippen LogP contribution in [0.2, 0.25) is 5.02 Å². The Morgan fingerprint density at radius 2 is 1.96 bits per heavy atom. The Hall–Kier alpha value is -2.24. The molecule has 0 bridgehead atoms. The lowest BCUT2D eigenvalue weighted by molar-refractivity contribution is -0.157. The Bertz CT molecular complexity index is 911. The highest BCUT2D eigenvalue weighted by Gasteiger charge is 2.43. The van der Waals surface area contributed by atoms with Crippen LogP contribution in [-0.4, -0.2) is 23.3 Å². The SMILES string of the molecule is O=C(O)[C@]1(Oc2ccc3c(c2)oc2cc(Cl)ccc23)CCCN1. The molecule has 6 heteroatoms. The van der Waals surface area contributed by atoms with Gasteiger partial charge in [0.1, 0.15) is 16.9 Å². The molecule has 0 aliphatic carbocycles. The number of fused-ring (bicyclic) bond motifs is 3. The van der Waals surface area contributed by atoms with Crippen molar-refractivity contribution in [2.24, 2.45) is 0 Å². The lowest BCUT2D eigenvalue weighted by atomic mass is 10.1. The number of carboxylic acid groups (broad SMARTS) is 1. The first-order valence-electron chi connectivity index (χ1n) is 7.37. The number of ether oxygens (including phenoxy) is 1. The fraction of sp³-hybridized carbons (Fsp3) is 0.235. The van der Waals surface area contributed by atoms with Crippen molar-refractivity contribution in [1.82, 2.24) is 5.32 Å². The predicted octanol–water partition coefficient (Wildman–Crippen LogP) is 3.78. The first-order valence-corrected chi connectivity index (χ1v) is 7.74. The molecule has 3 aromatic rings. The van der Waals surface area contributed by atoms with Crippen LogP contribution in [0.5, 0.6) is 5.75 Å². The second kappa shape index (κ2) is 5.15. The van der Waals surface area contributed by atoms with Gasteiger partial charge in [0, 0.05) is 34.3 Å². The van der Waals surface area contributed by atoms with E-state index in [0.29, 0.717) is 34.9 Å². The molecule has 0 unspecified atom stereocenters. The van der Waals surface area contributed by atoms with Crippen molar-refractivity contribution in [1.29, 1.82) is 0 Å². The maximum atomic E-state index is 11.5. The molecule has 1 aliphatic heterocycles. The summed E-state index contributed by atoms with van der Waals surface area (Å²) in [6.07, 6.45) is 1.19. The Labute approximate surface area is 136 Å². The van der Waals surface area contributed by atoms with E-state index >= 15 is 0 Å². The second-order valence-electron chi connectivity index (χ2n) is 5.67. The van der Waals surface area contributed by atoms with E-state index in [1.165, 1.54) is 0 Å². The molecule has 1 fully saturated rings. The molecule has 2 heterocycles. The van der Waals surface area contributed by atoms with Gasteiger partial charge < -0.3 is 14.3 Å². The van der Waals surface area contributed by atoms with Gasteiger partial charge in [0.05, 0.1) is 0 Å². The topological polar surface area (TPSA) is 71.7 Å². The number of halogens is 1. The van der Waals surface area contributed by atoms with Gasteiger partial charge in [-0.25, -0.2) is 4.79 Å². The molecule has 2 N–H and O–H groups in total. The van der Waals surface area contributed by atoms with E-state index in [1.807, 2.05) is 18.2 Å². The standard InChI is InChI=1S/C17H14ClNO4/c18-10-2-4-12-13-5-3-11(9-15(13)22-14(12)8-10)23-17(16(20)21)6-1-7-19-17/h2-5,8-9,19H,1,6-7H2,(H,20,21)/t17-/m1/s1. The molecule has 4 rings (SSSR count). The van der Waals surface area contributed by atoms with Crippen molar-refractivity contribution in [3.8, 4) is 5.75 Å².